The molecule has 3 rings (SSSR count). The second-order valence-electron chi connectivity index (χ2n) is 10.6. The van der Waals surface area contributed by atoms with Gasteiger partial charge in [-0.25, -0.2) is 0 Å². The van der Waals surface area contributed by atoms with Crippen LogP contribution in [0.3, 0.4) is 0 Å². The third kappa shape index (κ3) is 4.10. The zero-order valence-corrected chi connectivity index (χ0v) is 19.2. The molecule has 5 unspecified atom stereocenters. The molecule has 3 aliphatic rings. The fourth-order valence-corrected chi connectivity index (χ4v) is 7.12. The minimum atomic E-state index is 0.452. The fourth-order valence-electron chi connectivity index (χ4n) is 7.12. The van der Waals surface area contributed by atoms with Crippen LogP contribution >= 0.6 is 0 Å². The highest BCUT2D eigenvalue weighted by Gasteiger charge is 2.58. The number of hydrogen-bond acceptors (Lipinski definition) is 0. The Bertz CT molecular complexity index is 451. The van der Waals surface area contributed by atoms with Crippen LogP contribution in [0.4, 0.5) is 0 Å². The average Bonchev–Trinajstić information content (AvgIpc) is 3.30. The minimum absolute atomic E-state index is 0.452. The Balaban J connectivity index is 0.000000254. The first kappa shape index (κ1) is 22.0. The molecule has 3 aliphatic carbocycles. The van der Waals surface area contributed by atoms with Gasteiger partial charge in [0.05, 0.1) is 0 Å². The van der Waals surface area contributed by atoms with Gasteiger partial charge >= 0.3 is 0 Å². The van der Waals surface area contributed by atoms with Crippen LogP contribution in [-0.4, -0.2) is 0 Å². The van der Waals surface area contributed by atoms with E-state index in [0.29, 0.717) is 5.41 Å². The predicted molar refractivity (Wildman–Crippen MR) is 117 cm³/mol. The lowest BCUT2D eigenvalue weighted by Gasteiger charge is -2.45. The van der Waals surface area contributed by atoms with Crippen molar-refractivity contribution in [1.29, 1.82) is 0 Å². The molecule has 0 N–H and O–H groups in total. The molecule has 26 heavy (non-hydrogen) atoms. The average molecular weight is 361 g/mol. The van der Waals surface area contributed by atoms with Gasteiger partial charge in [-0.2, -0.15) is 0 Å². The van der Waals surface area contributed by atoms with Crippen LogP contribution in [0.5, 0.6) is 0 Å². The summed E-state index contributed by atoms with van der Waals surface area (Å²) in [5, 5.41) is 0. The third-order valence-electron chi connectivity index (χ3n) is 9.32. The smallest absolute Gasteiger partial charge is 0.00880 e. The summed E-state index contributed by atoms with van der Waals surface area (Å²) in [5.74, 6) is 4.87. The molecule has 0 heteroatoms. The number of hydrogen-bond donors (Lipinski definition) is 0. The summed E-state index contributed by atoms with van der Waals surface area (Å²) in [5.41, 5.74) is 2.63. The molecular formula is C26H48. The second kappa shape index (κ2) is 8.83. The molecule has 0 radical (unpaired) electrons. The van der Waals surface area contributed by atoms with E-state index in [-0.39, 0.29) is 0 Å². The predicted octanol–water partition coefficient (Wildman–Crippen LogP) is 8.66. The highest BCUT2D eigenvalue weighted by atomic mass is 14.6. The maximum Gasteiger partial charge on any atom is -0.00880 e. The lowest BCUT2D eigenvalue weighted by atomic mass is 9.59. The lowest BCUT2D eigenvalue weighted by Crippen LogP contribution is -2.38. The van der Waals surface area contributed by atoms with Gasteiger partial charge in [0.15, 0.2) is 0 Å². The first-order valence-electron chi connectivity index (χ1n) is 11.9. The first-order valence-corrected chi connectivity index (χ1v) is 11.9. The van der Waals surface area contributed by atoms with E-state index in [0.717, 1.165) is 35.0 Å². The van der Waals surface area contributed by atoms with Crippen LogP contribution in [0.1, 0.15) is 113 Å². The lowest BCUT2D eigenvalue weighted by molar-refractivity contribution is 0.0668. The largest absolute Gasteiger partial charge is 0.0996 e. The summed E-state index contributed by atoms with van der Waals surface area (Å²) in [4.78, 5) is 0. The van der Waals surface area contributed by atoms with Crippen molar-refractivity contribution in [2.45, 2.75) is 113 Å². The maximum absolute atomic E-state index is 4.31. The second-order valence-corrected chi connectivity index (χ2v) is 10.6. The number of fused-ring (bicyclic) bond motifs is 2. The molecule has 0 spiro atoms. The minimum Gasteiger partial charge on any atom is -0.0996 e. The summed E-state index contributed by atoms with van der Waals surface area (Å²) in [6, 6.07) is 0. The molecule has 0 aromatic heterocycles. The standard InChI is InChI=1S/C18H32.C8H16/c1-7-13(8-2)17-14-10-16(15(17)9-3)18(6,11-14)12(4)5;1-3-8(2)6-4-5-7-8/h13-17H,4,7-11H2,1-3,5-6H3;3-7H2,1-2H3. The van der Waals surface area contributed by atoms with Gasteiger partial charge in [-0.1, -0.05) is 92.2 Å². The van der Waals surface area contributed by atoms with Gasteiger partial charge in [0.25, 0.3) is 0 Å². The van der Waals surface area contributed by atoms with Crippen LogP contribution in [0.25, 0.3) is 0 Å². The van der Waals surface area contributed by atoms with Crippen molar-refractivity contribution >= 4 is 0 Å². The molecule has 3 saturated carbocycles. The fraction of sp³-hybridized carbons (Fsp3) is 0.923. The molecule has 0 aromatic rings. The van der Waals surface area contributed by atoms with Gasteiger partial charge in [0.1, 0.15) is 0 Å². The van der Waals surface area contributed by atoms with Gasteiger partial charge in [-0.3, -0.25) is 0 Å². The Labute approximate surface area is 165 Å². The van der Waals surface area contributed by atoms with E-state index in [4.69, 9.17) is 0 Å². The van der Waals surface area contributed by atoms with Gasteiger partial charge in [0.2, 0.25) is 0 Å². The van der Waals surface area contributed by atoms with Gasteiger partial charge < -0.3 is 0 Å². The van der Waals surface area contributed by atoms with Crippen molar-refractivity contribution in [2.75, 3.05) is 0 Å². The van der Waals surface area contributed by atoms with Gasteiger partial charge in [-0.15, -0.1) is 0 Å². The Hall–Kier alpha value is -0.260. The number of rotatable bonds is 6. The highest BCUT2D eigenvalue weighted by Crippen LogP contribution is 2.66. The monoisotopic (exact) mass is 360 g/mol. The van der Waals surface area contributed by atoms with Crippen LogP contribution < -0.4 is 0 Å². The molecule has 152 valence electrons. The van der Waals surface area contributed by atoms with E-state index in [1.54, 1.807) is 0 Å². The van der Waals surface area contributed by atoms with Crippen molar-refractivity contribution in [3.8, 4) is 0 Å². The summed E-state index contributed by atoms with van der Waals surface area (Å²) in [6.45, 7) is 21.0. The quantitative estimate of drug-likeness (QED) is 0.416. The van der Waals surface area contributed by atoms with Crippen molar-refractivity contribution < 1.29 is 0 Å². The van der Waals surface area contributed by atoms with E-state index in [1.165, 1.54) is 69.8 Å². The first-order chi connectivity index (χ1) is 12.3. The van der Waals surface area contributed by atoms with Crippen molar-refractivity contribution in [3.63, 3.8) is 0 Å². The van der Waals surface area contributed by atoms with E-state index in [2.05, 4.69) is 55.0 Å². The summed E-state index contributed by atoms with van der Waals surface area (Å²) >= 11 is 0. The van der Waals surface area contributed by atoms with Crippen LogP contribution in [0.15, 0.2) is 12.2 Å². The topological polar surface area (TPSA) is 0 Å². The van der Waals surface area contributed by atoms with Crippen molar-refractivity contribution in [2.24, 2.45) is 40.4 Å². The van der Waals surface area contributed by atoms with Crippen molar-refractivity contribution in [3.05, 3.63) is 12.2 Å². The molecule has 0 nitrogen and oxygen atoms in total. The van der Waals surface area contributed by atoms with Crippen LogP contribution in [0.2, 0.25) is 0 Å². The molecule has 0 aliphatic heterocycles. The third-order valence-corrected chi connectivity index (χ3v) is 9.32. The zero-order chi connectivity index (χ0) is 19.5. The van der Waals surface area contributed by atoms with E-state index < -0.39 is 0 Å². The summed E-state index contributed by atoms with van der Waals surface area (Å²) in [6.07, 6.45) is 14.3. The van der Waals surface area contributed by atoms with E-state index in [9.17, 15) is 0 Å². The normalized spacial score (nSPS) is 37.7. The molecule has 5 atom stereocenters. The Morgan fingerprint density at radius 2 is 1.62 bits per heavy atom. The Morgan fingerprint density at radius 1 is 1.04 bits per heavy atom. The Kier molecular flexibility index (Phi) is 7.48. The molecule has 0 amide bonds. The molecule has 0 aromatic carbocycles. The van der Waals surface area contributed by atoms with E-state index in [1.807, 2.05) is 0 Å². The highest BCUT2D eigenvalue weighted by molar-refractivity contribution is 5.18. The zero-order valence-electron chi connectivity index (χ0n) is 19.2. The SMILES string of the molecule is C=C(C)C1(C)CC2CC1C(CC)C2C(CC)CC.CCC1(C)CCCC1. The summed E-state index contributed by atoms with van der Waals surface area (Å²) in [7, 11) is 0. The molecule has 2 bridgehead atoms. The van der Waals surface area contributed by atoms with Gasteiger partial charge in [-0.05, 0) is 73.0 Å². The van der Waals surface area contributed by atoms with Crippen LogP contribution in [-0.2, 0) is 0 Å². The molecular weight excluding hydrogens is 312 g/mol. The summed E-state index contributed by atoms with van der Waals surface area (Å²) < 4.78 is 0. The maximum atomic E-state index is 4.31. The molecule has 3 fully saturated rings. The van der Waals surface area contributed by atoms with Gasteiger partial charge in [0, 0.05) is 0 Å². The Morgan fingerprint density at radius 3 is 2.00 bits per heavy atom. The number of allylic oxidation sites excluding steroid dienone is 1. The van der Waals surface area contributed by atoms with E-state index >= 15 is 0 Å². The van der Waals surface area contributed by atoms with Crippen molar-refractivity contribution in [1.82, 2.24) is 0 Å². The van der Waals surface area contributed by atoms with Crippen LogP contribution in [0, 0.1) is 40.4 Å². The molecule has 0 saturated heterocycles. The molecule has 0 heterocycles.